The van der Waals surface area contributed by atoms with Gasteiger partial charge in [-0.2, -0.15) is 0 Å². The number of methoxy groups -OCH3 is 1. The van der Waals surface area contributed by atoms with Crippen LogP contribution in [0.25, 0.3) is 0 Å². The molecule has 0 saturated heterocycles. The third-order valence-corrected chi connectivity index (χ3v) is 6.54. The number of rotatable bonds is 9. The molecule has 1 amide bonds. The fourth-order valence-electron chi connectivity index (χ4n) is 3.52. The zero-order valence-electron chi connectivity index (χ0n) is 18.8. The number of fused-ring (bicyclic) bond motifs is 1. The van der Waals surface area contributed by atoms with Gasteiger partial charge in [0.25, 0.3) is 5.91 Å². The van der Waals surface area contributed by atoms with Crippen molar-refractivity contribution >= 4 is 15.9 Å². The molecule has 1 N–H and O–H groups in total. The highest BCUT2D eigenvalue weighted by molar-refractivity contribution is 7.89. The van der Waals surface area contributed by atoms with Gasteiger partial charge in [0.2, 0.25) is 10.0 Å². The van der Waals surface area contributed by atoms with Gasteiger partial charge in [-0.05, 0) is 50.6 Å². The number of hydrogen-bond acceptors (Lipinski definition) is 6. The van der Waals surface area contributed by atoms with Crippen molar-refractivity contribution < 1.29 is 27.4 Å². The van der Waals surface area contributed by atoms with Crippen LogP contribution in [0.5, 0.6) is 17.2 Å². The second-order valence-electron chi connectivity index (χ2n) is 7.89. The molecule has 0 unspecified atom stereocenters. The molecule has 0 aromatic heterocycles. The molecular weight excluding hydrogens is 432 g/mol. The first-order valence-electron chi connectivity index (χ1n) is 10.6. The fourth-order valence-corrected chi connectivity index (χ4v) is 4.97. The number of carbonyl (C=O) groups excluding carboxylic acids is 1. The summed E-state index contributed by atoms with van der Waals surface area (Å²) in [5.74, 6) is 1.22. The van der Waals surface area contributed by atoms with Crippen LogP contribution in [0.2, 0.25) is 0 Å². The van der Waals surface area contributed by atoms with E-state index in [9.17, 15) is 13.2 Å². The smallest absolute Gasteiger partial charge is 0.254 e. The Balaban J connectivity index is 1.84. The molecule has 2 aromatic rings. The SMILES string of the molecule is CCCN(C[C@@H]1COc2ccccc2O1)C(=O)c1ccc(OC)c(S(=O)(=O)NC(C)C)c1. The highest BCUT2D eigenvalue weighted by Gasteiger charge is 2.28. The molecule has 0 saturated carbocycles. The summed E-state index contributed by atoms with van der Waals surface area (Å²) in [5, 5.41) is 0. The largest absolute Gasteiger partial charge is 0.495 e. The number of benzene rings is 2. The van der Waals surface area contributed by atoms with Crippen LogP contribution in [0.1, 0.15) is 37.6 Å². The molecule has 174 valence electrons. The molecule has 0 fully saturated rings. The lowest BCUT2D eigenvalue weighted by Crippen LogP contribution is -2.44. The van der Waals surface area contributed by atoms with Crippen LogP contribution in [0, 0.1) is 0 Å². The molecule has 0 bridgehead atoms. The molecular formula is C23H30N2O6S. The van der Waals surface area contributed by atoms with E-state index in [0.29, 0.717) is 31.2 Å². The van der Waals surface area contributed by atoms with Crippen LogP contribution in [0.15, 0.2) is 47.4 Å². The normalized spacial score (nSPS) is 15.5. The van der Waals surface area contributed by atoms with Crippen molar-refractivity contribution in [2.24, 2.45) is 0 Å². The van der Waals surface area contributed by atoms with Crippen molar-refractivity contribution in [3.8, 4) is 17.2 Å². The summed E-state index contributed by atoms with van der Waals surface area (Å²) >= 11 is 0. The second-order valence-corrected chi connectivity index (χ2v) is 9.57. The third kappa shape index (κ3) is 5.52. The molecule has 8 nitrogen and oxygen atoms in total. The Morgan fingerprint density at radius 1 is 1.22 bits per heavy atom. The number of para-hydroxylation sites is 2. The van der Waals surface area contributed by atoms with Crippen molar-refractivity contribution in [2.75, 3.05) is 26.8 Å². The van der Waals surface area contributed by atoms with Crippen molar-refractivity contribution in [1.29, 1.82) is 0 Å². The number of hydrogen-bond donors (Lipinski definition) is 1. The minimum absolute atomic E-state index is 0.0674. The zero-order chi connectivity index (χ0) is 23.3. The Morgan fingerprint density at radius 2 is 1.94 bits per heavy atom. The summed E-state index contributed by atoms with van der Waals surface area (Å²) in [6, 6.07) is 11.5. The van der Waals surface area contributed by atoms with Gasteiger partial charge in [-0.25, -0.2) is 13.1 Å². The van der Waals surface area contributed by atoms with Crippen molar-refractivity contribution in [2.45, 2.75) is 44.2 Å². The molecule has 32 heavy (non-hydrogen) atoms. The minimum Gasteiger partial charge on any atom is -0.495 e. The van der Waals surface area contributed by atoms with E-state index in [4.69, 9.17) is 14.2 Å². The average Bonchev–Trinajstić information content (AvgIpc) is 2.77. The number of nitrogens with one attached hydrogen (secondary N) is 1. The quantitative estimate of drug-likeness (QED) is 0.616. The Morgan fingerprint density at radius 3 is 2.59 bits per heavy atom. The van der Waals surface area contributed by atoms with Gasteiger partial charge in [-0.3, -0.25) is 4.79 Å². The van der Waals surface area contributed by atoms with E-state index in [0.717, 1.165) is 6.42 Å². The third-order valence-electron chi connectivity index (χ3n) is 4.86. The maximum atomic E-state index is 13.3. The number of amides is 1. The topological polar surface area (TPSA) is 94.2 Å². The molecule has 3 rings (SSSR count). The molecule has 2 aromatic carbocycles. The minimum atomic E-state index is -3.85. The number of ether oxygens (including phenoxy) is 3. The van der Waals surface area contributed by atoms with Gasteiger partial charge in [0.1, 0.15) is 17.3 Å². The molecule has 0 radical (unpaired) electrons. The van der Waals surface area contributed by atoms with Crippen molar-refractivity contribution in [3.63, 3.8) is 0 Å². The van der Waals surface area contributed by atoms with Gasteiger partial charge in [0.15, 0.2) is 17.6 Å². The molecule has 0 aliphatic carbocycles. The summed E-state index contributed by atoms with van der Waals surface area (Å²) in [7, 11) is -2.45. The standard InChI is InChI=1S/C23H30N2O6S/c1-5-12-25(14-18-15-30-19-8-6-7-9-20(19)31-18)23(26)17-10-11-21(29-4)22(13-17)32(27,28)24-16(2)3/h6-11,13,16,18,24H,5,12,14-15H2,1-4H3/t18-/m1/s1. The van der Waals surface area contributed by atoms with Crippen molar-refractivity contribution in [1.82, 2.24) is 9.62 Å². The fraction of sp³-hybridized carbons (Fsp3) is 0.435. The van der Waals surface area contributed by atoms with Gasteiger partial charge in [0.05, 0.1) is 13.7 Å². The van der Waals surface area contributed by atoms with E-state index >= 15 is 0 Å². The van der Waals surface area contributed by atoms with Gasteiger partial charge >= 0.3 is 0 Å². The van der Waals surface area contributed by atoms with Gasteiger partial charge in [0, 0.05) is 18.2 Å². The number of nitrogens with zero attached hydrogens (tertiary/aromatic N) is 1. The van der Waals surface area contributed by atoms with Crippen LogP contribution < -0.4 is 18.9 Å². The molecule has 1 heterocycles. The van der Waals surface area contributed by atoms with Crippen LogP contribution in [-0.4, -0.2) is 58.2 Å². The Labute approximate surface area is 189 Å². The van der Waals surface area contributed by atoms with E-state index in [1.807, 2.05) is 31.2 Å². The van der Waals surface area contributed by atoms with Crippen LogP contribution in [0.4, 0.5) is 0 Å². The van der Waals surface area contributed by atoms with E-state index < -0.39 is 10.0 Å². The van der Waals surface area contributed by atoms with Gasteiger partial charge in [-0.15, -0.1) is 0 Å². The van der Waals surface area contributed by atoms with Crippen molar-refractivity contribution in [3.05, 3.63) is 48.0 Å². The van der Waals surface area contributed by atoms with Crippen LogP contribution in [0.3, 0.4) is 0 Å². The lowest BCUT2D eigenvalue weighted by atomic mass is 10.1. The first-order chi connectivity index (χ1) is 15.2. The first-order valence-corrected chi connectivity index (χ1v) is 12.1. The first kappa shape index (κ1) is 23.9. The Bertz CT molecular complexity index is 1050. The number of sulfonamides is 1. The monoisotopic (exact) mass is 462 g/mol. The number of carbonyl (C=O) groups is 1. The summed E-state index contributed by atoms with van der Waals surface area (Å²) in [5.41, 5.74) is 0.264. The van der Waals surface area contributed by atoms with E-state index in [1.54, 1.807) is 24.8 Å². The van der Waals surface area contributed by atoms with E-state index in [2.05, 4.69) is 4.72 Å². The van der Waals surface area contributed by atoms with E-state index in [1.165, 1.54) is 19.2 Å². The molecule has 1 aliphatic rings. The summed E-state index contributed by atoms with van der Waals surface area (Å²) in [6.45, 7) is 6.58. The maximum Gasteiger partial charge on any atom is 0.254 e. The zero-order valence-corrected chi connectivity index (χ0v) is 19.6. The van der Waals surface area contributed by atoms with Crippen LogP contribution in [-0.2, 0) is 10.0 Å². The average molecular weight is 463 g/mol. The highest BCUT2D eigenvalue weighted by atomic mass is 32.2. The molecule has 9 heteroatoms. The highest BCUT2D eigenvalue weighted by Crippen LogP contribution is 2.31. The van der Waals surface area contributed by atoms with Gasteiger partial charge in [-0.1, -0.05) is 19.1 Å². The molecule has 0 spiro atoms. The molecule has 1 atom stereocenters. The Hall–Kier alpha value is -2.78. The Kier molecular flexibility index (Phi) is 7.63. The van der Waals surface area contributed by atoms with E-state index in [-0.39, 0.29) is 34.3 Å². The lowest BCUT2D eigenvalue weighted by Gasteiger charge is -2.31. The van der Waals surface area contributed by atoms with Crippen LogP contribution >= 0.6 is 0 Å². The predicted octanol–water partition coefficient (Wildman–Crippen LogP) is 3.07. The summed E-state index contributed by atoms with van der Waals surface area (Å²) in [4.78, 5) is 14.9. The van der Waals surface area contributed by atoms with Gasteiger partial charge < -0.3 is 19.1 Å². The summed E-state index contributed by atoms with van der Waals surface area (Å²) in [6.07, 6.45) is 0.413. The molecule has 1 aliphatic heterocycles. The predicted molar refractivity (Wildman–Crippen MR) is 121 cm³/mol. The second kappa shape index (κ2) is 10.2. The summed E-state index contributed by atoms with van der Waals surface area (Å²) < 4.78 is 45.1. The maximum absolute atomic E-state index is 13.3. The lowest BCUT2D eigenvalue weighted by molar-refractivity contribution is 0.0462.